The minimum atomic E-state index is -4.64. The Balaban J connectivity index is 1.20. The van der Waals surface area contributed by atoms with Gasteiger partial charge in [0.2, 0.25) is 11.9 Å². The fraction of sp³-hybridized carbons (Fsp3) is 0.286. The lowest BCUT2D eigenvalue weighted by Gasteiger charge is -2.19. The van der Waals surface area contributed by atoms with Gasteiger partial charge in [-0.25, -0.2) is 4.79 Å². The van der Waals surface area contributed by atoms with Gasteiger partial charge in [-0.2, -0.15) is 28.1 Å². The molecule has 3 amide bonds. The maximum absolute atomic E-state index is 13.0. The first kappa shape index (κ1) is 39.0. The molecule has 0 bridgehead atoms. The van der Waals surface area contributed by atoms with Crippen LogP contribution in [0.1, 0.15) is 34.3 Å². The highest BCUT2D eigenvalue weighted by Gasteiger charge is 2.45. The van der Waals surface area contributed by atoms with Crippen LogP contribution in [0.25, 0.3) is 0 Å². The van der Waals surface area contributed by atoms with Crippen molar-refractivity contribution in [2.24, 2.45) is 0 Å². The number of carbonyl (C=O) groups excluding carboxylic acids is 4. The molecule has 54 heavy (non-hydrogen) atoms. The van der Waals surface area contributed by atoms with Crippen molar-refractivity contribution in [1.82, 2.24) is 30.9 Å². The summed E-state index contributed by atoms with van der Waals surface area (Å²) in [6, 6.07) is 17.7. The molecule has 1 aliphatic rings. The van der Waals surface area contributed by atoms with Gasteiger partial charge in [0.15, 0.2) is 6.61 Å². The average molecular weight is 771 g/mol. The van der Waals surface area contributed by atoms with Crippen LogP contribution in [-0.2, 0) is 31.2 Å². The number of rotatable bonds is 15. The first-order valence-electron chi connectivity index (χ1n) is 16.2. The van der Waals surface area contributed by atoms with Crippen molar-refractivity contribution in [3.05, 3.63) is 94.5 Å². The lowest BCUT2D eigenvalue weighted by Crippen LogP contribution is -2.51. The van der Waals surface area contributed by atoms with E-state index in [1.54, 1.807) is 36.4 Å². The SMILES string of the molecule is COC(=O)[C@H](CNC(=O)C(=O)NCc1ccc(OC)cc1)NC(=O)c1ccc(Nc2nc(NC3(c4ccc(Cl)cc4)CC3)nc(OCC(F)(F)F)n2)cc1. The predicted octanol–water partition coefficient (Wildman–Crippen LogP) is 4.02. The summed E-state index contributed by atoms with van der Waals surface area (Å²) >= 11 is 6.02. The summed E-state index contributed by atoms with van der Waals surface area (Å²) in [6.07, 6.45) is -3.23. The van der Waals surface area contributed by atoms with E-state index in [9.17, 15) is 32.3 Å². The summed E-state index contributed by atoms with van der Waals surface area (Å²) < 4.78 is 53.5. The van der Waals surface area contributed by atoms with Crippen LogP contribution in [0.2, 0.25) is 5.02 Å². The van der Waals surface area contributed by atoms with Crippen molar-refractivity contribution in [3.63, 3.8) is 0 Å². The Kier molecular flexibility index (Phi) is 12.4. The molecule has 0 aliphatic heterocycles. The molecule has 5 rings (SSSR count). The first-order chi connectivity index (χ1) is 25.8. The number of esters is 1. The van der Waals surface area contributed by atoms with Crippen LogP contribution in [0.4, 0.5) is 30.8 Å². The number of ether oxygens (including phenoxy) is 3. The maximum atomic E-state index is 13.0. The van der Waals surface area contributed by atoms with Crippen molar-refractivity contribution in [3.8, 4) is 11.8 Å². The highest BCUT2D eigenvalue weighted by Crippen LogP contribution is 2.48. The summed E-state index contributed by atoms with van der Waals surface area (Å²) in [5, 5.41) is 13.8. The monoisotopic (exact) mass is 770 g/mol. The molecular formula is C35H34ClF3N8O7. The average Bonchev–Trinajstić information content (AvgIpc) is 3.94. The second kappa shape index (κ2) is 17.1. The van der Waals surface area contributed by atoms with Gasteiger partial charge in [0.25, 0.3) is 5.91 Å². The fourth-order valence-corrected chi connectivity index (χ4v) is 5.09. The summed E-state index contributed by atoms with van der Waals surface area (Å²) in [4.78, 5) is 62.5. The Bertz CT molecular complexity index is 1960. The van der Waals surface area contributed by atoms with Gasteiger partial charge in [0.05, 0.1) is 19.8 Å². The first-order valence-corrected chi connectivity index (χ1v) is 16.6. The highest BCUT2D eigenvalue weighted by molar-refractivity contribution is 6.35. The maximum Gasteiger partial charge on any atom is 0.422 e. The summed E-state index contributed by atoms with van der Waals surface area (Å²) in [5.74, 6) is -3.16. The van der Waals surface area contributed by atoms with Crippen LogP contribution in [0.3, 0.4) is 0 Å². The molecule has 4 aromatic rings. The van der Waals surface area contributed by atoms with E-state index in [-0.39, 0.29) is 24.0 Å². The number of benzene rings is 3. The number of nitrogens with zero attached hydrogens (tertiary/aromatic N) is 3. The largest absolute Gasteiger partial charge is 0.497 e. The lowest BCUT2D eigenvalue weighted by atomic mass is 10.1. The van der Waals surface area contributed by atoms with E-state index in [1.165, 1.54) is 31.4 Å². The van der Waals surface area contributed by atoms with Crippen LogP contribution >= 0.6 is 11.6 Å². The van der Waals surface area contributed by atoms with E-state index in [2.05, 4.69) is 41.5 Å². The molecule has 0 spiro atoms. The molecule has 1 aliphatic carbocycles. The second-order valence-corrected chi connectivity index (χ2v) is 12.3. The Hall–Kier alpha value is -6.17. The number of nitrogens with one attached hydrogen (secondary N) is 5. The topological polar surface area (TPSA) is 195 Å². The van der Waals surface area contributed by atoms with Gasteiger partial charge in [-0.1, -0.05) is 35.9 Å². The van der Waals surface area contributed by atoms with Gasteiger partial charge in [-0.15, -0.1) is 0 Å². The number of aromatic nitrogens is 3. The molecule has 19 heteroatoms. The third-order valence-corrected chi connectivity index (χ3v) is 8.21. The van der Waals surface area contributed by atoms with Crippen LogP contribution < -0.4 is 36.1 Å². The molecule has 1 fully saturated rings. The van der Waals surface area contributed by atoms with E-state index in [4.69, 9.17) is 25.8 Å². The molecule has 15 nitrogen and oxygen atoms in total. The lowest BCUT2D eigenvalue weighted by molar-refractivity contribution is -0.154. The molecule has 0 radical (unpaired) electrons. The highest BCUT2D eigenvalue weighted by atomic mass is 35.5. The van der Waals surface area contributed by atoms with Gasteiger partial charge in [0, 0.05) is 29.4 Å². The molecular weight excluding hydrogens is 737 g/mol. The van der Waals surface area contributed by atoms with Crippen LogP contribution in [0, 0.1) is 0 Å². The summed E-state index contributed by atoms with van der Waals surface area (Å²) in [7, 11) is 2.61. The Morgan fingerprint density at radius 3 is 2.11 bits per heavy atom. The predicted molar refractivity (Wildman–Crippen MR) is 188 cm³/mol. The van der Waals surface area contributed by atoms with Gasteiger partial charge in [0.1, 0.15) is 11.8 Å². The Morgan fingerprint density at radius 2 is 1.50 bits per heavy atom. The van der Waals surface area contributed by atoms with Gasteiger partial charge >= 0.3 is 30.0 Å². The van der Waals surface area contributed by atoms with Crippen molar-refractivity contribution in [2.45, 2.75) is 37.1 Å². The molecule has 1 aromatic heterocycles. The molecule has 1 heterocycles. The molecule has 0 unspecified atom stereocenters. The van der Waals surface area contributed by atoms with Crippen molar-refractivity contribution >= 4 is 52.9 Å². The number of halogens is 4. The van der Waals surface area contributed by atoms with Crippen LogP contribution in [-0.4, -0.2) is 78.2 Å². The standard InChI is InChI=1S/C35H34ClF3N8O7/c1-52-25-13-3-20(4-14-25)17-40-28(49)29(50)41-18-26(30(51)53-2)43-27(48)21-5-11-24(12-6-21)42-31-44-32(46-33(45-31)54-19-35(37,38)39)47-34(15-16-34)22-7-9-23(36)10-8-22/h3-14,26H,15-19H2,1-2H3,(H,40,49)(H,41,50)(H,43,48)(H2,42,44,45,46,47)/t26-/m0/s1. The van der Waals surface area contributed by atoms with Gasteiger partial charge < -0.3 is 40.8 Å². The van der Waals surface area contributed by atoms with Crippen molar-refractivity contribution in [1.29, 1.82) is 0 Å². The van der Waals surface area contributed by atoms with E-state index in [1.807, 2.05) is 12.1 Å². The molecule has 284 valence electrons. The molecule has 3 aromatic carbocycles. The minimum Gasteiger partial charge on any atom is -0.497 e. The Morgan fingerprint density at radius 1 is 0.852 bits per heavy atom. The number of methoxy groups -OCH3 is 2. The summed E-state index contributed by atoms with van der Waals surface area (Å²) in [6.45, 7) is -2.03. The third-order valence-electron chi connectivity index (χ3n) is 7.96. The van der Waals surface area contributed by atoms with E-state index < -0.39 is 60.6 Å². The number of hydrogen-bond acceptors (Lipinski definition) is 12. The molecule has 5 N–H and O–H groups in total. The van der Waals surface area contributed by atoms with Crippen LogP contribution in [0.5, 0.6) is 11.8 Å². The van der Waals surface area contributed by atoms with Crippen molar-refractivity contribution < 1.29 is 46.6 Å². The zero-order valence-corrected chi connectivity index (χ0v) is 29.5. The van der Waals surface area contributed by atoms with E-state index in [0.717, 1.165) is 12.7 Å². The van der Waals surface area contributed by atoms with Gasteiger partial charge in [-0.05, 0) is 72.5 Å². The number of anilines is 3. The van der Waals surface area contributed by atoms with E-state index >= 15 is 0 Å². The fourth-order valence-electron chi connectivity index (χ4n) is 4.97. The summed E-state index contributed by atoms with van der Waals surface area (Å²) in [5.41, 5.74) is 1.46. The molecule has 1 saturated carbocycles. The van der Waals surface area contributed by atoms with E-state index in [0.29, 0.717) is 34.9 Å². The smallest absolute Gasteiger partial charge is 0.422 e. The number of amides is 3. The zero-order valence-electron chi connectivity index (χ0n) is 28.8. The van der Waals surface area contributed by atoms with Crippen LogP contribution in [0.15, 0.2) is 72.8 Å². The normalized spacial score (nSPS) is 13.4. The molecule has 0 saturated heterocycles. The third kappa shape index (κ3) is 10.9. The Labute approximate surface area is 311 Å². The minimum absolute atomic E-state index is 0.0382. The number of hydrogen-bond donors (Lipinski definition) is 5. The number of carbonyl (C=O) groups is 4. The number of alkyl halides is 3. The van der Waals surface area contributed by atoms with Crippen molar-refractivity contribution in [2.75, 3.05) is 38.0 Å². The quantitative estimate of drug-likeness (QED) is 0.0862. The zero-order chi connectivity index (χ0) is 38.9. The molecule has 1 atom stereocenters. The van der Waals surface area contributed by atoms with Gasteiger partial charge in [-0.3, -0.25) is 14.4 Å². The second-order valence-electron chi connectivity index (χ2n) is 11.9.